The molecule has 1 aromatic carbocycles. The van der Waals surface area contributed by atoms with Crippen LogP contribution < -0.4 is 0 Å². The van der Waals surface area contributed by atoms with E-state index < -0.39 is 0 Å². The summed E-state index contributed by atoms with van der Waals surface area (Å²) < 4.78 is 0. The summed E-state index contributed by atoms with van der Waals surface area (Å²) in [6, 6.07) is 6.15. The molecule has 0 radical (unpaired) electrons. The average Bonchev–Trinajstić information content (AvgIpc) is 2.42. The van der Waals surface area contributed by atoms with Crippen LogP contribution in [0.4, 0.5) is 0 Å². The molecule has 96 valence electrons. The maximum absolute atomic E-state index is 12.6. The predicted molar refractivity (Wildman–Crippen MR) is 72.0 cm³/mol. The van der Waals surface area contributed by atoms with E-state index in [0.717, 1.165) is 38.3 Å². The van der Waals surface area contributed by atoms with Gasteiger partial charge in [-0.2, -0.15) is 0 Å². The van der Waals surface area contributed by atoms with Gasteiger partial charge in [0.05, 0.1) is 6.04 Å². The second-order valence-electron chi connectivity index (χ2n) is 5.52. The monoisotopic (exact) mass is 244 g/mol. The van der Waals surface area contributed by atoms with Crippen molar-refractivity contribution in [1.82, 2.24) is 9.80 Å². The van der Waals surface area contributed by atoms with Crippen LogP contribution in [0.5, 0.6) is 0 Å². The van der Waals surface area contributed by atoms with Crippen LogP contribution in [0.15, 0.2) is 18.2 Å². The van der Waals surface area contributed by atoms with Crippen molar-refractivity contribution in [2.24, 2.45) is 0 Å². The van der Waals surface area contributed by atoms with Gasteiger partial charge in [0.15, 0.2) is 5.78 Å². The van der Waals surface area contributed by atoms with Gasteiger partial charge < -0.3 is 0 Å². The number of carbonyl (C=O) groups is 1. The van der Waals surface area contributed by atoms with Crippen LogP contribution in [-0.2, 0) is 0 Å². The number of hydrogen-bond donors (Lipinski definition) is 0. The Hall–Kier alpha value is -1.19. The fourth-order valence-corrected chi connectivity index (χ4v) is 2.95. The maximum Gasteiger partial charge on any atom is 0.181 e. The molecule has 2 bridgehead atoms. The Bertz CT molecular complexity index is 475. The Morgan fingerprint density at radius 3 is 2.39 bits per heavy atom. The van der Waals surface area contributed by atoms with Gasteiger partial charge in [-0.3, -0.25) is 14.6 Å². The number of piperazine rings is 3. The first kappa shape index (κ1) is 11.9. The summed E-state index contributed by atoms with van der Waals surface area (Å²) >= 11 is 0. The summed E-state index contributed by atoms with van der Waals surface area (Å²) in [5, 5.41) is 0. The molecule has 3 heteroatoms. The zero-order valence-corrected chi connectivity index (χ0v) is 11.1. The molecule has 3 fully saturated rings. The zero-order chi connectivity index (χ0) is 12.7. The van der Waals surface area contributed by atoms with Gasteiger partial charge in [0.25, 0.3) is 0 Å². The fourth-order valence-electron chi connectivity index (χ4n) is 2.95. The van der Waals surface area contributed by atoms with Crippen LogP contribution in [0.1, 0.15) is 21.5 Å². The molecule has 0 amide bonds. The molecular weight excluding hydrogens is 224 g/mol. The van der Waals surface area contributed by atoms with Crippen LogP contribution in [0.2, 0.25) is 0 Å². The average molecular weight is 244 g/mol. The molecule has 3 aliphatic rings. The standard InChI is InChI=1S/C15H20N2O/c1-11-3-4-13(9-12(11)2)15(18)14-10-16-5-7-17(14)8-6-16/h3-4,9,14H,5-8,10H2,1-2H3. The van der Waals surface area contributed by atoms with Gasteiger partial charge in [0, 0.05) is 38.3 Å². The number of benzene rings is 1. The number of carbonyl (C=O) groups excluding carboxylic acids is 1. The minimum atomic E-state index is 0.0783. The smallest absolute Gasteiger partial charge is 0.181 e. The van der Waals surface area contributed by atoms with E-state index in [1.807, 2.05) is 12.1 Å². The number of rotatable bonds is 2. The number of hydrogen-bond acceptors (Lipinski definition) is 3. The number of nitrogens with zero attached hydrogens (tertiary/aromatic N) is 2. The highest BCUT2D eigenvalue weighted by atomic mass is 16.1. The lowest BCUT2D eigenvalue weighted by Gasteiger charge is -2.46. The lowest BCUT2D eigenvalue weighted by atomic mass is 9.96. The van der Waals surface area contributed by atoms with Crippen LogP contribution in [0.3, 0.4) is 0 Å². The summed E-state index contributed by atoms with van der Waals surface area (Å²) in [6.45, 7) is 9.39. The van der Waals surface area contributed by atoms with Crippen molar-refractivity contribution in [3.05, 3.63) is 34.9 Å². The third kappa shape index (κ3) is 1.98. The zero-order valence-electron chi connectivity index (χ0n) is 11.1. The van der Waals surface area contributed by atoms with E-state index in [1.54, 1.807) is 0 Å². The van der Waals surface area contributed by atoms with Crippen LogP contribution in [0, 0.1) is 13.8 Å². The molecule has 1 atom stereocenters. The van der Waals surface area contributed by atoms with Gasteiger partial charge in [-0.1, -0.05) is 12.1 Å². The highest BCUT2D eigenvalue weighted by Gasteiger charge is 2.36. The van der Waals surface area contributed by atoms with E-state index in [1.165, 1.54) is 11.1 Å². The Balaban J connectivity index is 1.84. The number of ketones is 1. The number of fused-ring (bicyclic) bond motifs is 3. The molecule has 1 aromatic rings. The van der Waals surface area contributed by atoms with Crippen molar-refractivity contribution in [2.45, 2.75) is 19.9 Å². The molecule has 3 nitrogen and oxygen atoms in total. The highest BCUT2D eigenvalue weighted by Crippen LogP contribution is 2.20. The second-order valence-corrected chi connectivity index (χ2v) is 5.52. The van der Waals surface area contributed by atoms with Crippen molar-refractivity contribution in [3.63, 3.8) is 0 Å². The lowest BCUT2D eigenvalue weighted by molar-refractivity contribution is 0.0159. The molecule has 18 heavy (non-hydrogen) atoms. The topological polar surface area (TPSA) is 23.6 Å². The van der Waals surface area contributed by atoms with Gasteiger partial charge in [-0.25, -0.2) is 0 Å². The number of Topliss-reactive ketones (excluding diaryl/α,β-unsaturated/α-hetero) is 1. The summed E-state index contributed by atoms with van der Waals surface area (Å²) in [5.41, 5.74) is 3.33. The summed E-state index contributed by atoms with van der Waals surface area (Å²) in [7, 11) is 0. The SMILES string of the molecule is Cc1ccc(C(=O)C2CN3CCN2CC3)cc1C. The summed E-state index contributed by atoms with van der Waals surface area (Å²) in [4.78, 5) is 17.3. The normalized spacial score (nSPS) is 30.4. The maximum atomic E-state index is 12.6. The minimum Gasteiger partial charge on any atom is -0.299 e. The van der Waals surface area contributed by atoms with Crippen molar-refractivity contribution in [2.75, 3.05) is 32.7 Å². The minimum absolute atomic E-state index is 0.0783. The highest BCUT2D eigenvalue weighted by molar-refractivity contribution is 6.00. The van der Waals surface area contributed by atoms with Gasteiger partial charge in [-0.15, -0.1) is 0 Å². The molecule has 3 heterocycles. The Morgan fingerprint density at radius 1 is 1.11 bits per heavy atom. The van der Waals surface area contributed by atoms with Crippen molar-refractivity contribution in [1.29, 1.82) is 0 Å². The molecule has 4 rings (SSSR count). The third-order valence-electron chi connectivity index (χ3n) is 4.37. The Morgan fingerprint density at radius 2 is 1.83 bits per heavy atom. The Labute approximate surface area is 108 Å². The van der Waals surface area contributed by atoms with E-state index in [9.17, 15) is 4.79 Å². The molecule has 0 saturated carbocycles. The van der Waals surface area contributed by atoms with Crippen LogP contribution in [0.25, 0.3) is 0 Å². The van der Waals surface area contributed by atoms with Gasteiger partial charge in [-0.05, 0) is 31.0 Å². The molecule has 3 saturated heterocycles. The first-order valence-corrected chi connectivity index (χ1v) is 6.73. The van der Waals surface area contributed by atoms with Crippen LogP contribution >= 0.6 is 0 Å². The first-order valence-electron chi connectivity index (χ1n) is 6.73. The summed E-state index contributed by atoms with van der Waals surface area (Å²) in [6.07, 6.45) is 0. The fraction of sp³-hybridized carbons (Fsp3) is 0.533. The van der Waals surface area contributed by atoms with Gasteiger partial charge >= 0.3 is 0 Å². The van der Waals surface area contributed by atoms with E-state index in [0.29, 0.717) is 5.78 Å². The van der Waals surface area contributed by atoms with Crippen molar-refractivity contribution in [3.8, 4) is 0 Å². The van der Waals surface area contributed by atoms with E-state index in [-0.39, 0.29) is 6.04 Å². The molecule has 0 N–H and O–H groups in total. The molecule has 0 aliphatic carbocycles. The lowest BCUT2D eigenvalue weighted by Crippen LogP contribution is -2.63. The first-order chi connectivity index (χ1) is 8.65. The van der Waals surface area contributed by atoms with Crippen molar-refractivity contribution >= 4 is 5.78 Å². The Kier molecular flexibility index (Phi) is 2.96. The third-order valence-corrected chi connectivity index (χ3v) is 4.37. The molecule has 0 aromatic heterocycles. The van der Waals surface area contributed by atoms with E-state index >= 15 is 0 Å². The van der Waals surface area contributed by atoms with Crippen LogP contribution in [-0.4, -0.2) is 54.3 Å². The van der Waals surface area contributed by atoms with Gasteiger partial charge in [0.1, 0.15) is 0 Å². The molecule has 0 spiro atoms. The molecule has 1 unspecified atom stereocenters. The number of aryl methyl sites for hydroxylation is 2. The molecule has 3 aliphatic heterocycles. The van der Waals surface area contributed by atoms with E-state index in [2.05, 4.69) is 29.7 Å². The largest absolute Gasteiger partial charge is 0.299 e. The quantitative estimate of drug-likeness (QED) is 0.736. The van der Waals surface area contributed by atoms with Gasteiger partial charge in [0.2, 0.25) is 0 Å². The van der Waals surface area contributed by atoms with Crippen molar-refractivity contribution < 1.29 is 4.79 Å². The summed E-state index contributed by atoms with van der Waals surface area (Å²) in [5.74, 6) is 0.294. The second kappa shape index (κ2) is 4.48. The molecular formula is C15H20N2O. The predicted octanol–water partition coefficient (Wildman–Crippen LogP) is 1.49. The van der Waals surface area contributed by atoms with E-state index in [4.69, 9.17) is 0 Å².